The Hall–Kier alpha value is -2.05. The van der Waals surface area contributed by atoms with Gasteiger partial charge in [0, 0.05) is 26.7 Å². The number of likely N-dealkylation sites (N-methyl/N-ethyl adjacent to an activating group) is 1. The van der Waals surface area contributed by atoms with E-state index >= 15 is 0 Å². The van der Waals surface area contributed by atoms with Crippen molar-refractivity contribution < 1.29 is 19.1 Å². The molecular weight excluding hydrogens is 286 g/mol. The number of amides is 3. The molecule has 1 rings (SSSR count). The van der Waals surface area contributed by atoms with E-state index in [-0.39, 0.29) is 30.4 Å². The summed E-state index contributed by atoms with van der Waals surface area (Å²) < 4.78 is 5.00. The summed E-state index contributed by atoms with van der Waals surface area (Å²) in [6, 6.07) is -0.311. The fourth-order valence-corrected chi connectivity index (χ4v) is 2.29. The number of hydrogen-bond donors (Lipinski definition) is 1. The van der Waals surface area contributed by atoms with E-state index < -0.39 is 0 Å². The lowest BCUT2D eigenvalue weighted by Gasteiger charge is -2.32. The first-order valence-electron chi connectivity index (χ1n) is 7.53. The first-order valence-corrected chi connectivity index (χ1v) is 7.53. The quantitative estimate of drug-likeness (QED) is 0.576. The molecule has 124 valence electrons. The number of carbonyl (C=O) groups is 3. The second-order valence-electron chi connectivity index (χ2n) is 5.24. The van der Waals surface area contributed by atoms with Crippen LogP contribution < -0.4 is 5.32 Å². The Bertz CT molecular complexity index is 417. The van der Waals surface area contributed by atoms with E-state index in [1.54, 1.807) is 24.9 Å². The van der Waals surface area contributed by atoms with Gasteiger partial charge in [-0.15, -0.1) is 6.58 Å². The zero-order valence-electron chi connectivity index (χ0n) is 13.3. The van der Waals surface area contributed by atoms with Crippen molar-refractivity contribution in [1.29, 1.82) is 0 Å². The van der Waals surface area contributed by atoms with Crippen molar-refractivity contribution in [3.63, 3.8) is 0 Å². The van der Waals surface area contributed by atoms with E-state index in [2.05, 4.69) is 11.9 Å². The Labute approximate surface area is 131 Å². The van der Waals surface area contributed by atoms with Crippen LogP contribution in [0.15, 0.2) is 12.7 Å². The van der Waals surface area contributed by atoms with Gasteiger partial charge in [0.2, 0.25) is 5.91 Å². The number of ether oxygens (including phenoxy) is 1. The van der Waals surface area contributed by atoms with Gasteiger partial charge >= 0.3 is 12.0 Å². The van der Waals surface area contributed by atoms with Gasteiger partial charge in [-0.05, 0) is 19.8 Å². The topological polar surface area (TPSA) is 79.0 Å². The standard InChI is InChI=1S/C15H25N3O4/c1-4-8-16-15(21)17(3)11-13(19)18-9-6-12(7-10-18)14(20)22-5-2/h4,12H,1,5-11H2,2-3H3,(H,16,21). The summed E-state index contributed by atoms with van der Waals surface area (Å²) in [6.45, 7) is 7.09. The molecule has 1 aliphatic rings. The van der Waals surface area contributed by atoms with Crippen LogP contribution in [0.3, 0.4) is 0 Å². The monoisotopic (exact) mass is 311 g/mol. The summed E-state index contributed by atoms with van der Waals surface area (Å²) in [5, 5.41) is 2.61. The summed E-state index contributed by atoms with van der Waals surface area (Å²) >= 11 is 0. The number of carbonyl (C=O) groups excluding carboxylic acids is 3. The van der Waals surface area contributed by atoms with Crippen molar-refractivity contribution in [3.05, 3.63) is 12.7 Å². The van der Waals surface area contributed by atoms with Gasteiger partial charge in [0.15, 0.2) is 0 Å². The molecule has 1 fully saturated rings. The predicted molar refractivity (Wildman–Crippen MR) is 82.2 cm³/mol. The smallest absolute Gasteiger partial charge is 0.317 e. The molecule has 7 nitrogen and oxygen atoms in total. The minimum absolute atomic E-state index is 0.0209. The SMILES string of the molecule is C=CCNC(=O)N(C)CC(=O)N1CCC(C(=O)OCC)CC1. The van der Waals surface area contributed by atoms with E-state index in [0.717, 1.165) is 0 Å². The highest BCUT2D eigenvalue weighted by molar-refractivity contribution is 5.84. The van der Waals surface area contributed by atoms with E-state index in [4.69, 9.17) is 4.74 Å². The van der Waals surface area contributed by atoms with Crippen LogP contribution in [0.4, 0.5) is 4.79 Å². The van der Waals surface area contributed by atoms with Gasteiger partial charge in [-0.25, -0.2) is 4.79 Å². The molecule has 0 saturated carbocycles. The zero-order valence-corrected chi connectivity index (χ0v) is 13.3. The Morgan fingerprint density at radius 1 is 1.36 bits per heavy atom. The van der Waals surface area contributed by atoms with Crippen LogP contribution in [0.2, 0.25) is 0 Å². The third-order valence-electron chi connectivity index (χ3n) is 3.58. The molecule has 0 radical (unpaired) electrons. The molecule has 1 heterocycles. The second-order valence-corrected chi connectivity index (χ2v) is 5.24. The van der Waals surface area contributed by atoms with Gasteiger partial charge in [0.1, 0.15) is 6.54 Å². The molecular formula is C15H25N3O4. The van der Waals surface area contributed by atoms with E-state index in [0.29, 0.717) is 39.1 Å². The Morgan fingerprint density at radius 3 is 2.55 bits per heavy atom. The molecule has 0 spiro atoms. The van der Waals surface area contributed by atoms with E-state index in [9.17, 15) is 14.4 Å². The highest BCUT2D eigenvalue weighted by Gasteiger charge is 2.28. The number of esters is 1. The summed E-state index contributed by atoms with van der Waals surface area (Å²) in [6.07, 6.45) is 2.79. The molecule has 0 bridgehead atoms. The average molecular weight is 311 g/mol. The molecule has 1 saturated heterocycles. The predicted octanol–water partition coefficient (Wildman–Crippen LogP) is 0.616. The third-order valence-corrected chi connectivity index (χ3v) is 3.58. The highest BCUT2D eigenvalue weighted by atomic mass is 16.5. The molecule has 0 aromatic carbocycles. The maximum absolute atomic E-state index is 12.2. The van der Waals surface area contributed by atoms with Crippen molar-refractivity contribution in [2.75, 3.05) is 39.8 Å². The Morgan fingerprint density at radius 2 is 2.00 bits per heavy atom. The lowest BCUT2D eigenvalue weighted by molar-refractivity contribution is -0.151. The molecule has 1 N–H and O–H groups in total. The molecule has 0 aliphatic carbocycles. The molecule has 0 atom stereocenters. The number of likely N-dealkylation sites (tertiary alicyclic amines) is 1. The van der Waals surface area contributed by atoms with Gasteiger partial charge in [0.05, 0.1) is 12.5 Å². The molecule has 0 unspecified atom stereocenters. The number of nitrogens with one attached hydrogen (secondary N) is 1. The molecule has 7 heteroatoms. The zero-order chi connectivity index (χ0) is 16.5. The number of rotatable bonds is 6. The van der Waals surface area contributed by atoms with Crippen molar-refractivity contribution in [3.8, 4) is 0 Å². The van der Waals surface area contributed by atoms with E-state index in [1.807, 2.05) is 0 Å². The number of urea groups is 1. The first-order chi connectivity index (χ1) is 10.5. The number of piperidine rings is 1. The van der Waals surface area contributed by atoms with Gasteiger partial charge in [-0.3, -0.25) is 9.59 Å². The summed E-state index contributed by atoms with van der Waals surface area (Å²) in [7, 11) is 1.57. The van der Waals surface area contributed by atoms with Crippen LogP contribution in [0.5, 0.6) is 0 Å². The molecule has 3 amide bonds. The minimum atomic E-state index is -0.311. The molecule has 1 aliphatic heterocycles. The lowest BCUT2D eigenvalue weighted by atomic mass is 9.97. The van der Waals surface area contributed by atoms with Gasteiger partial charge < -0.3 is 19.9 Å². The van der Waals surface area contributed by atoms with Crippen molar-refractivity contribution >= 4 is 17.9 Å². The van der Waals surface area contributed by atoms with Gasteiger partial charge in [-0.2, -0.15) is 0 Å². The highest BCUT2D eigenvalue weighted by Crippen LogP contribution is 2.18. The van der Waals surface area contributed by atoms with Gasteiger partial charge in [-0.1, -0.05) is 6.08 Å². The van der Waals surface area contributed by atoms with E-state index in [1.165, 1.54) is 4.90 Å². The maximum Gasteiger partial charge on any atom is 0.317 e. The van der Waals surface area contributed by atoms with Crippen LogP contribution in [0.1, 0.15) is 19.8 Å². The summed E-state index contributed by atoms with van der Waals surface area (Å²) in [5.41, 5.74) is 0. The van der Waals surface area contributed by atoms with Gasteiger partial charge in [0.25, 0.3) is 0 Å². The first kappa shape index (κ1) is 18.0. The third kappa shape index (κ3) is 5.38. The fourth-order valence-electron chi connectivity index (χ4n) is 2.29. The second kappa shape index (κ2) is 9.07. The summed E-state index contributed by atoms with van der Waals surface area (Å²) in [5.74, 6) is -0.424. The van der Waals surface area contributed by atoms with Crippen LogP contribution >= 0.6 is 0 Å². The average Bonchev–Trinajstić information content (AvgIpc) is 2.52. The van der Waals surface area contributed by atoms with Crippen LogP contribution in [0.25, 0.3) is 0 Å². The lowest BCUT2D eigenvalue weighted by Crippen LogP contribution is -2.47. The van der Waals surface area contributed by atoms with Crippen LogP contribution in [-0.4, -0.2) is 67.5 Å². The normalized spacial score (nSPS) is 15.1. The summed E-state index contributed by atoms with van der Waals surface area (Å²) in [4.78, 5) is 38.5. The Kier molecular flexibility index (Phi) is 7.42. The fraction of sp³-hybridized carbons (Fsp3) is 0.667. The largest absolute Gasteiger partial charge is 0.466 e. The molecule has 0 aromatic rings. The minimum Gasteiger partial charge on any atom is -0.466 e. The molecule has 0 aromatic heterocycles. The van der Waals surface area contributed by atoms with Crippen LogP contribution in [0, 0.1) is 5.92 Å². The maximum atomic E-state index is 12.2. The number of nitrogens with zero attached hydrogens (tertiary/aromatic N) is 2. The van der Waals surface area contributed by atoms with Crippen LogP contribution in [-0.2, 0) is 14.3 Å². The Balaban J connectivity index is 2.37. The molecule has 22 heavy (non-hydrogen) atoms. The van der Waals surface area contributed by atoms with Crippen molar-refractivity contribution in [1.82, 2.24) is 15.1 Å². The number of hydrogen-bond acceptors (Lipinski definition) is 4. The van der Waals surface area contributed by atoms with Crippen molar-refractivity contribution in [2.24, 2.45) is 5.92 Å². The van der Waals surface area contributed by atoms with Crippen molar-refractivity contribution in [2.45, 2.75) is 19.8 Å².